The first-order valence-electron chi connectivity index (χ1n) is 8.64. The van der Waals surface area contributed by atoms with Gasteiger partial charge in [0.2, 0.25) is 11.8 Å². The fourth-order valence-corrected chi connectivity index (χ4v) is 3.61. The van der Waals surface area contributed by atoms with Crippen molar-refractivity contribution in [3.8, 4) is 5.75 Å². The summed E-state index contributed by atoms with van der Waals surface area (Å²) >= 11 is 1.35. The average molecular weight is 363 g/mol. The molecule has 1 aliphatic heterocycles. The van der Waals surface area contributed by atoms with Crippen LogP contribution in [0.25, 0.3) is 0 Å². The summed E-state index contributed by atoms with van der Waals surface area (Å²) in [7, 11) is 0. The van der Waals surface area contributed by atoms with Crippen molar-refractivity contribution in [2.45, 2.75) is 38.9 Å². The monoisotopic (exact) mass is 363 g/mol. The molecule has 1 aromatic rings. The number of amides is 2. The predicted molar refractivity (Wildman–Crippen MR) is 102 cm³/mol. The van der Waals surface area contributed by atoms with E-state index in [2.05, 4.69) is 10.3 Å². The van der Waals surface area contributed by atoms with E-state index in [9.17, 15) is 9.59 Å². The number of benzene rings is 1. The summed E-state index contributed by atoms with van der Waals surface area (Å²) in [5.41, 5.74) is 0.689. The van der Waals surface area contributed by atoms with Gasteiger partial charge in [0.25, 0.3) is 0 Å². The maximum atomic E-state index is 12.5. The van der Waals surface area contributed by atoms with Crippen LogP contribution in [0.2, 0.25) is 0 Å². The molecule has 1 aromatic carbocycles. The zero-order chi connectivity index (χ0) is 18.2. The zero-order valence-corrected chi connectivity index (χ0v) is 15.8. The molecule has 1 N–H and O–H groups in total. The molecule has 0 radical (unpaired) electrons. The minimum Gasteiger partial charge on any atom is -0.494 e. The highest BCUT2D eigenvalue weighted by atomic mass is 32.2. The molecule has 0 saturated carbocycles. The molecule has 1 aliphatic rings. The summed E-state index contributed by atoms with van der Waals surface area (Å²) in [6.07, 6.45) is 1.13. The van der Waals surface area contributed by atoms with Gasteiger partial charge in [0.05, 0.1) is 6.61 Å². The van der Waals surface area contributed by atoms with Gasteiger partial charge in [-0.15, -0.1) is 0 Å². The van der Waals surface area contributed by atoms with Crippen molar-refractivity contribution < 1.29 is 14.3 Å². The molecule has 2 amide bonds. The maximum Gasteiger partial charge on any atom is 0.238 e. The second-order valence-electron chi connectivity index (χ2n) is 5.57. The maximum absolute atomic E-state index is 12.5. The molecule has 1 atom stereocenters. The lowest BCUT2D eigenvalue weighted by atomic mass is 10.2. The van der Waals surface area contributed by atoms with Gasteiger partial charge in [-0.3, -0.25) is 19.5 Å². The lowest BCUT2D eigenvalue weighted by Gasteiger charge is -2.30. The van der Waals surface area contributed by atoms with Gasteiger partial charge >= 0.3 is 0 Å². The van der Waals surface area contributed by atoms with Gasteiger partial charge < -0.3 is 10.1 Å². The lowest BCUT2D eigenvalue weighted by molar-refractivity contribution is -0.129. The molecule has 136 valence electrons. The van der Waals surface area contributed by atoms with Crippen molar-refractivity contribution in [3.05, 3.63) is 24.3 Å². The molecule has 1 fully saturated rings. The Morgan fingerprint density at radius 1 is 1.32 bits per heavy atom. The summed E-state index contributed by atoms with van der Waals surface area (Å²) < 4.78 is 5.53. The molecule has 0 aliphatic carbocycles. The number of carbonyl (C=O) groups is 2. The van der Waals surface area contributed by atoms with Crippen LogP contribution in [-0.4, -0.2) is 46.8 Å². The van der Waals surface area contributed by atoms with Gasteiger partial charge in [-0.25, -0.2) is 0 Å². The van der Waals surface area contributed by atoms with Crippen LogP contribution in [0.5, 0.6) is 5.75 Å². The Labute approximate surface area is 153 Å². The Hall–Kier alpha value is -2.02. The van der Waals surface area contributed by atoms with E-state index in [-0.39, 0.29) is 18.2 Å². The average Bonchev–Trinajstić information content (AvgIpc) is 2.61. The van der Waals surface area contributed by atoms with E-state index in [4.69, 9.17) is 4.74 Å². The number of carbonyl (C=O) groups excluding carboxylic acids is 2. The number of rotatable bonds is 7. The highest BCUT2D eigenvalue weighted by molar-refractivity contribution is 8.15. The third kappa shape index (κ3) is 5.22. The van der Waals surface area contributed by atoms with Crippen LogP contribution in [-0.2, 0) is 9.59 Å². The molecule has 6 nitrogen and oxygen atoms in total. The predicted octanol–water partition coefficient (Wildman–Crippen LogP) is 3.14. The van der Waals surface area contributed by atoms with Crippen molar-refractivity contribution in [1.82, 2.24) is 4.90 Å². The van der Waals surface area contributed by atoms with Crippen molar-refractivity contribution in [2.75, 3.05) is 25.0 Å². The Balaban J connectivity index is 2.00. The quantitative estimate of drug-likeness (QED) is 0.808. The molecule has 2 rings (SSSR count). The highest BCUT2D eigenvalue weighted by Crippen LogP contribution is 2.28. The van der Waals surface area contributed by atoms with Gasteiger partial charge in [-0.2, -0.15) is 0 Å². The van der Waals surface area contributed by atoms with Crippen LogP contribution >= 0.6 is 11.8 Å². The minimum atomic E-state index is -0.461. The molecule has 0 aromatic heterocycles. The van der Waals surface area contributed by atoms with E-state index in [1.54, 1.807) is 17.0 Å². The van der Waals surface area contributed by atoms with Crippen LogP contribution < -0.4 is 10.1 Å². The Morgan fingerprint density at radius 2 is 2.04 bits per heavy atom. The number of ether oxygens (including phenoxy) is 1. The number of nitrogens with zero attached hydrogens (tertiary/aromatic N) is 2. The summed E-state index contributed by atoms with van der Waals surface area (Å²) in [6.45, 7) is 7.69. The number of amidine groups is 1. The largest absolute Gasteiger partial charge is 0.494 e. The molecule has 0 bridgehead atoms. The number of nitrogens with one attached hydrogen (secondary N) is 1. The van der Waals surface area contributed by atoms with E-state index < -0.39 is 5.25 Å². The summed E-state index contributed by atoms with van der Waals surface area (Å²) in [5.74, 6) is 0.537. The molecule has 0 spiro atoms. The van der Waals surface area contributed by atoms with Gasteiger partial charge in [0.1, 0.15) is 11.0 Å². The second-order valence-corrected chi connectivity index (χ2v) is 6.74. The van der Waals surface area contributed by atoms with Crippen molar-refractivity contribution >= 4 is 34.4 Å². The number of aliphatic imine (C=N–C) groups is 1. The van der Waals surface area contributed by atoms with Gasteiger partial charge in [0.15, 0.2) is 5.17 Å². The fraction of sp³-hybridized carbons (Fsp3) is 0.500. The van der Waals surface area contributed by atoms with Crippen LogP contribution in [0.3, 0.4) is 0 Å². The fourth-order valence-electron chi connectivity index (χ4n) is 2.40. The Kier molecular flexibility index (Phi) is 7.31. The Morgan fingerprint density at radius 3 is 2.64 bits per heavy atom. The van der Waals surface area contributed by atoms with E-state index in [1.165, 1.54) is 11.8 Å². The molecule has 0 unspecified atom stereocenters. The highest BCUT2D eigenvalue weighted by Gasteiger charge is 2.34. The van der Waals surface area contributed by atoms with Crippen molar-refractivity contribution in [3.63, 3.8) is 0 Å². The number of anilines is 1. The van der Waals surface area contributed by atoms with E-state index in [0.717, 1.165) is 12.2 Å². The van der Waals surface area contributed by atoms with Crippen molar-refractivity contribution in [2.24, 2.45) is 4.99 Å². The lowest BCUT2D eigenvalue weighted by Crippen LogP contribution is -2.45. The molecule has 1 saturated heterocycles. The summed E-state index contributed by atoms with van der Waals surface area (Å²) in [5, 5.41) is 3.04. The van der Waals surface area contributed by atoms with Gasteiger partial charge in [-0.1, -0.05) is 18.7 Å². The van der Waals surface area contributed by atoms with Gasteiger partial charge in [-0.05, 0) is 44.5 Å². The number of hydrogen-bond donors (Lipinski definition) is 1. The first-order chi connectivity index (χ1) is 12.1. The van der Waals surface area contributed by atoms with Crippen LogP contribution in [0.15, 0.2) is 29.3 Å². The molecule has 1 heterocycles. The van der Waals surface area contributed by atoms with E-state index >= 15 is 0 Å². The minimum absolute atomic E-state index is 0.0584. The van der Waals surface area contributed by atoms with E-state index in [0.29, 0.717) is 30.6 Å². The van der Waals surface area contributed by atoms with Gasteiger partial charge in [0, 0.05) is 25.2 Å². The molecular formula is C18H25N3O3S. The first kappa shape index (κ1) is 19.3. The summed E-state index contributed by atoms with van der Waals surface area (Å²) in [4.78, 5) is 30.8. The third-order valence-electron chi connectivity index (χ3n) is 3.64. The van der Waals surface area contributed by atoms with E-state index in [1.807, 2.05) is 32.9 Å². The first-order valence-corrected chi connectivity index (χ1v) is 9.52. The normalized spacial score (nSPS) is 19.2. The SMILES string of the molecule is CCCOc1ccc(NC(=O)[C@H]2CC(=O)N(CC)C(=NCC)S2)cc1. The van der Waals surface area contributed by atoms with Crippen LogP contribution in [0, 0.1) is 0 Å². The smallest absolute Gasteiger partial charge is 0.238 e. The third-order valence-corrected chi connectivity index (χ3v) is 4.86. The standard InChI is InChI=1S/C18H25N3O3S/c1-4-11-24-14-9-7-13(8-10-14)20-17(23)15-12-16(22)21(6-3)18(25-15)19-5-2/h7-10,15H,4-6,11-12H2,1-3H3,(H,20,23)/t15-/m1/s1. The second kappa shape index (κ2) is 9.46. The zero-order valence-electron chi connectivity index (χ0n) is 14.9. The molecular weight excluding hydrogens is 338 g/mol. The Bertz CT molecular complexity index is 631. The molecule has 25 heavy (non-hydrogen) atoms. The van der Waals surface area contributed by atoms with Crippen LogP contribution in [0.4, 0.5) is 5.69 Å². The summed E-state index contributed by atoms with van der Waals surface area (Å²) in [6, 6.07) is 7.26. The molecule has 7 heteroatoms. The van der Waals surface area contributed by atoms with Crippen LogP contribution in [0.1, 0.15) is 33.6 Å². The van der Waals surface area contributed by atoms with Crippen molar-refractivity contribution in [1.29, 1.82) is 0 Å². The number of thioether (sulfide) groups is 1. The number of hydrogen-bond acceptors (Lipinski definition) is 5. The topological polar surface area (TPSA) is 71.0 Å².